The van der Waals surface area contributed by atoms with Gasteiger partial charge in [0.2, 0.25) is 0 Å². The quantitative estimate of drug-likeness (QED) is 0.867. The van der Waals surface area contributed by atoms with Crippen molar-refractivity contribution in [1.82, 2.24) is 9.80 Å². The van der Waals surface area contributed by atoms with E-state index >= 15 is 0 Å². The van der Waals surface area contributed by atoms with E-state index in [1.165, 1.54) is 11.1 Å². The Morgan fingerprint density at radius 1 is 1.04 bits per heavy atom. The lowest BCUT2D eigenvalue weighted by atomic mass is 10.1. The molecule has 126 valence electrons. The van der Waals surface area contributed by atoms with Crippen molar-refractivity contribution < 1.29 is 9.53 Å². The third-order valence-corrected chi connectivity index (χ3v) is 4.63. The van der Waals surface area contributed by atoms with E-state index in [1.54, 1.807) is 7.11 Å². The minimum atomic E-state index is 0.0874. The van der Waals surface area contributed by atoms with E-state index in [2.05, 4.69) is 36.1 Å². The predicted molar refractivity (Wildman–Crippen MR) is 95.4 cm³/mol. The molecular weight excluding hydrogens is 300 g/mol. The van der Waals surface area contributed by atoms with Crippen LogP contribution in [0.2, 0.25) is 0 Å². The SMILES string of the molecule is COc1cccc(C(=O)N2CCN(Cc3ccccc3C)CC2)c1. The van der Waals surface area contributed by atoms with Crippen LogP contribution in [-0.2, 0) is 6.54 Å². The molecule has 0 aliphatic carbocycles. The predicted octanol–water partition coefficient (Wildman–Crippen LogP) is 2.96. The maximum atomic E-state index is 12.6. The Balaban J connectivity index is 1.58. The molecule has 0 N–H and O–H groups in total. The average Bonchev–Trinajstić information content (AvgIpc) is 2.64. The molecule has 1 fully saturated rings. The third-order valence-electron chi connectivity index (χ3n) is 4.63. The van der Waals surface area contributed by atoms with Crippen molar-refractivity contribution >= 4 is 5.91 Å². The van der Waals surface area contributed by atoms with Gasteiger partial charge in [-0.1, -0.05) is 30.3 Å². The summed E-state index contributed by atoms with van der Waals surface area (Å²) >= 11 is 0. The number of amides is 1. The lowest BCUT2D eigenvalue weighted by Gasteiger charge is -2.35. The highest BCUT2D eigenvalue weighted by molar-refractivity contribution is 5.94. The van der Waals surface area contributed by atoms with E-state index in [-0.39, 0.29) is 5.91 Å². The first-order valence-electron chi connectivity index (χ1n) is 8.37. The Morgan fingerprint density at radius 3 is 2.50 bits per heavy atom. The van der Waals surface area contributed by atoms with Crippen LogP contribution in [0.5, 0.6) is 5.75 Å². The molecule has 2 aromatic carbocycles. The van der Waals surface area contributed by atoms with E-state index in [4.69, 9.17) is 4.74 Å². The van der Waals surface area contributed by atoms with E-state index in [9.17, 15) is 4.79 Å². The fraction of sp³-hybridized carbons (Fsp3) is 0.350. The molecule has 24 heavy (non-hydrogen) atoms. The van der Waals surface area contributed by atoms with Gasteiger partial charge in [-0.2, -0.15) is 0 Å². The molecule has 0 bridgehead atoms. The smallest absolute Gasteiger partial charge is 0.254 e. The highest BCUT2D eigenvalue weighted by Gasteiger charge is 2.22. The number of ether oxygens (including phenoxy) is 1. The molecule has 1 saturated heterocycles. The Hall–Kier alpha value is -2.33. The molecule has 4 nitrogen and oxygen atoms in total. The Kier molecular flexibility index (Phi) is 5.16. The number of hydrogen-bond acceptors (Lipinski definition) is 3. The molecule has 1 amide bonds. The molecule has 1 aliphatic rings. The van der Waals surface area contributed by atoms with Crippen LogP contribution < -0.4 is 4.74 Å². The van der Waals surface area contributed by atoms with Gasteiger partial charge in [0, 0.05) is 38.3 Å². The molecule has 1 aliphatic heterocycles. The molecule has 0 radical (unpaired) electrons. The number of nitrogens with zero attached hydrogens (tertiary/aromatic N) is 2. The van der Waals surface area contributed by atoms with Gasteiger partial charge < -0.3 is 9.64 Å². The fourth-order valence-electron chi connectivity index (χ4n) is 3.08. The van der Waals surface area contributed by atoms with Crippen LogP contribution in [0.15, 0.2) is 48.5 Å². The standard InChI is InChI=1S/C20H24N2O2/c1-16-6-3-4-7-18(16)15-21-10-12-22(13-11-21)20(23)17-8-5-9-19(14-17)24-2/h3-9,14H,10-13,15H2,1-2H3. The Morgan fingerprint density at radius 2 is 1.79 bits per heavy atom. The zero-order valence-electron chi connectivity index (χ0n) is 14.4. The first-order chi connectivity index (χ1) is 11.7. The van der Waals surface area contributed by atoms with Gasteiger partial charge in [-0.05, 0) is 36.2 Å². The zero-order chi connectivity index (χ0) is 16.9. The summed E-state index contributed by atoms with van der Waals surface area (Å²) in [5.74, 6) is 0.809. The maximum Gasteiger partial charge on any atom is 0.254 e. The summed E-state index contributed by atoms with van der Waals surface area (Å²) in [4.78, 5) is 17.0. The molecule has 0 unspecified atom stereocenters. The number of methoxy groups -OCH3 is 1. The van der Waals surface area contributed by atoms with Gasteiger partial charge in [-0.25, -0.2) is 0 Å². The first kappa shape index (κ1) is 16.5. The Bertz CT molecular complexity index is 706. The highest BCUT2D eigenvalue weighted by Crippen LogP contribution is 2.17. The second kappa shape index (κ2) is 7.49. The summed E-state index contributed by atoms with van der Waals surface area (Å²) in [5.41, 5.74) is 3.39. The highest BCUT2D eigenvalue weighted by atomic mass is 16.5. The summed E-state index contributed by atoms with van der Waals surface area (Å²) in [6.45, 7) is 6.45. The molecule has 3 rings (SSSR count). The van der Waals surface area contributed by atoms with Gasteiger partial charge in [0.25, 0.3) is 5.91 Å². The number of benzene rings is 2. The summed E-state index contributed by atoms with van der Waals surface area (Å²) in [6.07, 6.45) is 0. The third kappa shape index (κ3) is 3.77. The van der Waals surface area contributed by atoms with Gasteiger partial charge in [-0.3, -0.25) is 9.69 Å². The molecular formula is C20H24N2O2. The van der Waals surface area contributed by atoms with Crippen molar-refractivity contribution in [3.8, 4) is 5.75 Å². The van der Waals surface area contributed by atoms with E-state index in [0.717, 1.165) is 38.5 Å². The molecule has 0 saturated carbocycles. The normalized spacial score (nSPS) is 15.3. The molecule has 2 aromatic rings. The fourth-order valence-corrected chi connectivity index (χ4v) is 3.08. The van der Waals surface area contributed by atoms with Crippen LogP contribution in [0, 0.1) is 6.92 Å². The minimum Gasteiger partial charge on any atom is -0.497 e. The number of carbonyl (C=O) groups is 1. The van der Waals surface area contributed by atoms with Crippen LogP contribution in [0.4, 0.5) is 0 Å². The van der Waals surface area contributed by atoms with Crippen molar-refractivity contribution in [3.05, 3.63) is 65.2 Å². The Labute approximate surface area is 143 Å². The van der Waals surface area contributed by atoms with Gasteiger partial charge in [0.1, 0.15) is 5.75 Å². The zero-order valence-corrected chi connectivity index (χ0v) is 14.4. The van der Waals surface area contributed by atoms with Gasteiger partial charge in [0.15, 0.2) is 0 Å². The molecule has 1 heterocycles. The number of rotatable bonds is 4. The molecule has 0 aromatic heterocycles. The van der Waals surface area contributed by atoms with Crippen LogP contribution in [0.1, 0.15) is 21.5 Å². The minimum absolute atomic E-state index is 0.0874. The summed E-state index contributed by atoms with van der Waals surface area (Å²) < 4.78 is 5.21. The second-order valence-electron chi connectivity index (χ2n) is 6.23. The van der Waals surface area contributed by atoms with Crippen LogP contribution in [-0.4, -0.2) is 49.0 Å². The topological polar surface area (TPSA) is 32.8 Å². The van der Waals surface area contributed by atoms with Crippen LogP contribution in [0.25, 0.3) is 0 Å². The van der Waals surface area contributed by atoms with Crippen molar-refractivity contribution in [2.75, 3.05) is 33.3 Å². The summed E-state index contributed by atoms with van der Waals surface area (Å²) in [7, 11) is 1.62. The van der Waals surface area contributed by atoms with Crippen molar-refractivity contribution in [3.63, 3.8) is 0 Å². The monoisotopic (exact) mass is 324 g/mol. The van der Waals surface area contributed by atoms with Crippen molar-refractivity contribution in [2.45, 2.75) is 13.5 Å². The number of hydrogen-bond donors (Lipinski definition) is 0. The second-order valence-corrected chi connectivity index (χ2v) is 6.23. The van der Waals surface area contributed by atoms with Gasteiger partial charge in [-0.15, -0.1) is 0 Å². The number of piperazine rings is 1. The van der Waals surface area contributed by atoms with Gasteiger partial charge in [0.05, 0.1) is 7.11 Å². The van der Waals surface area contributed by atoms with E-state index in [1.807, 2.05) is 29.2 Å². The van der Waals surface area contributed by atoms with Crippen molar-refractivity contribution in [1.29, 1.82) is 0 Å². The molecule has 0 spiro atoms. The maximum absolute atomic E-state index is 12.6. The van der Waals surface area contributed by atoms with Crippen molar-refractivity contribution in [2.24, 2.45) is 0 Å². The first-order valence-corrected chi connectivity index (χ1v) is 8.37. The van der Waals surface area contributed by atoms with Gasteiger partial charge >= 0.3 is 0 Å². The largest absolute Gasteiger partial charge is 0.497 e. The lowest BCUT2D eigenvalue weighted by Crippen LogP contribution is -2.48. The molecule has 4 heteroatoms. The molecule has 0 atom stereocenters. The summed E-state index contributed by atoms with van der Waals surface area (Å²) in [5, 5.41) is 0. The summed E-state index contributed by atoms with van der Waals surface area (Å²) in [6, 6.07) is 15.9. The lowest BCUT2D eigenvalue weighted by molar-refractivity contribution is 0.0628. The van der Waals surface area contributed by atoms with Crippen LogP contribution >= 0.6 is 0 Å². The van der Waals surface area contributed by atoms with Crippen LogP contribution in [0.3, 0.4) is 0 Å². The average molecular weight is 324 g/mol. The van der Waals surface area contributed by atoms with E-state index in [0.29, 0.717) is 5.56 Å². The number of aryl methyl sites for hydroxylation is 1. The van der Waals surface area contributed by atoms with E-state index < -0.39 is 0 Å². The number of carbonyl (C=O) groups excluding carboxylic acids is 1.